The number of nitrogens with one attached hydrogen (secondary N) is 1. The van der Waals surface area contributed by atoms with Crippen LogP contribution in [0.25, 0.3) is 0 Å². The number of rotatable bonds is 10. The Kier molecular flexibility index (Phi) is 7.96. The Morgan fingerprint density at radius 1 is 1.32 bits per heavy atom. The van der Waals surface area contributed by atoms with Crippen molar-refractivity contribution in [1.82, 2.24) is 5.32 Å². The van der Waals surface area contributed by atoms with E-state index in [2.05, 4.69) is 11.0 Å². The number of hydrogen-bond acceptors (Lipinski definition) is 4. The number of aldehydes is 1. The first-order chi connectivity index (χ1) is 11.8. The highest BCUT2D eigenvalue weighted by molar-refractivity contribution is 5.95. The lowest BCUT2D eigenvalue weighted by molar-refractivity contribution is -0.125. The third-order valence-electron chi connectivity index (χ3n) is 4.28. The molecule has 25 heavy (non-hydrogen) atoms. The van der Waals surface area contributed by atoms with Gasteiger partial charge in [0.15, 0.2) is 5.78 Å². The number of hydrogen-bond donors (Lipinski definition) is 1. The van der Waals surface area contributed by atoms with E-state index in [-0.39, 0.29) is 29.9 Å². The molecule has 1 N–H and O–H groups in total. The summed E-state index contributed by atoms with van der Waals surface area (Å²) in [4.78, 5) is 44.7. The summed E-state index contributed by atoms with van der Waals surface area (Å²) in [5, 5.41) is 2.10. The molecule has 0 aromatic carbocycles. The molecule has 0 spiro atoms. The topological polar surface area (TPSA) is 80.3 Å². The third-order valence-corrected chi connectivity index (χ3v) is 4.28. The minimum absolute atomic E-state index is 0.0497. The van der Waals surface area contributed by atoms with Gasteiger partial charge in [-0.3, -0.25) is 19.7 Å². The van der Waals surface area contributed by atoms with Gasteiger partial charge in [-0.05, 0) is 31.8 Å². The first-order valence-electron chi connectivity index (χ1n) is 8.35. The maximum Gasteiger partial charge on any atom is 0.226 e. The van der Waals surface area contributed by atoms with Gasteiger partial charge >= 0.3 is 0 Å². The molecule has 0 radical (unpaired) electrons. The average molecular weight is 343 g/mol. The predicted octanol–water partition coefficient (Wildman–Crippen LogP) is 2.68. The van der Waals surface area contributed by atoms with E-state index in [1.807, 2.05) is 38.2 Å². The fourth-order valence-corrected chi connectivity index (χ4v) is 2.89. The summed E-state index contributed by atoms with van der Waals surface area (Å²) < 4.78 is 0. The average Bonchev–Trinajstić information content (AvgIpc) is 2.57. The molecule has 0 aliphatic heterocycles. The molecule has 1 rings (SSSR count). The normalized spacial score (nSPS) is 21.5. The van der Waals surface area contributed by atoms with Crippen LogP contribution in [0.5, 0.6) is 0 Å². The quantitative estimate of drug-likeness (QED) is 0.376. The second kappa shape index (κ2) is 9.70. The zero-order valence-electron chi connectivity index (χ0n) is 15.0. The van der Waals surface area contributed by atoms with E-state index in [0.717, 1.165) is 6.29 Å². The number of carbonyl (C=O) groups excluding carboxylic acids is 4. The highest BCUT2D eigenvalue weighted by Crippen LogP contribution is 2.37. The lowest BCUT2D eigenvalue weighted by Gasteiger charge is -2.29. The van der Waals surface area contributed by atoms with E-state index in [1.165, 1.54) is 6.92 Å². The van der Waals surface area contributed by atoms with Gasteiger partial charge in [0.1, 0.15) is 6.29 Å². The maximum atomic E-state index is 11.8. The summed E-state index contributed by atoms with van der Waals surface area (Å²) in [6.07, 6.45) is 11.8. The first-order valence-corrected chi connectivity index (χ1v) is 8.35. The van der Waals surface area contributed by atoms with E-state index in [4.69, 9.17) is 0 Å². The molecule has 0 bridgehead atoms. The Morgan fingerprint density at radius 2 is 2.04 bits per heavy atom. The molecule has 0 saturated carbocycles. The fourth-order valence-electron chi connectivity index (χ4n) is 2.89. The van der Waals surface area contributed by atoms with Gasteiger partial charge in [0.05, 0.1) is 0 Å². The highest BCUT2D eigenvalue weighted by atomic mass is 16.2. The van der Waals surface area contributed by atoms with Crippen molar-refractivity contribution in [2.45, 2.75) is 40.0 Å². The molecule has 0 heterocycles. The Bertz CT molecular complexity index is 653. The number of amides is 2. The van der Waals surface area contributed by atoms with Crippen LogP contribution in [-0.2, 0) is 19.2 Å². The molecule has 0 aromatic rings. The molecule has 1 aliphatic rings. The Labute approximate surface area is 148 Å². The summed E-state index contributed by atoms with van der Waals surface area (Å²) in [7, 11) is 0. The SMILES string of the molecule is CC(=O)C1=C=CC=CC1(C)CC(C=O)/C=C/C(C)CCC(=O)NC=O. The van der Waals surface area contributed by atoms with Crippen molar-refractivity contribution in [3.05, 3.63) is 41.7 Å². The number of ketones is 1. The predicted molar refractivity (Wildman–Crippen MR) is 95.4 cm³/mol. The van der Waals surface area contributed by atoms with Crippen LogP contribution in [0.1, 0.15) is 40.0 Å². The number of Topliss-reactive ketones (excluding diaryl/α,β-unsaturated/α-hetero) is 1. The van der Waals surface area contributed by atoms with Gasteiger partial charge in [-0.1, -0.05) is 38.2 Å². The van der Waals surface area contributed by atoms with Crippen molar-refractivity contribution in [1.29, 1.82) is 0 Å². The standard InChI is InChI=1S/C20H25NO4/c1-15(8-10-19(25)21-14-23)7-9-17(13-22)12-20(3)11-5-4-6-18(20)16(2)24/h4-5,7,9,11,13-15,17H,8,10,12H2,1-3H3,(H,21,23,25)/b9-7+. The lowest BCUT2D eigenvalue weighted by atomic mass is 9.72. The fraction of sp³-hybridized carbons (Fsp3) is 0.450. The second-order valence-electron chi connectivity index (χ2n) is 6.61. The van der Waals surface area contributed by atoms with Gasteiger partial charge < -0.3 is 4.79 Å². The largest absolute Gasteiger partial charge is 0.303 e. The Hall–Kier alpha value is -2.52. The molecule has 5 nitrogen and oxygen atoms in total. The molecule has 0 aromatic heterocycles. The molecule has 5 heteroatoms. The molecule has 3 atom stereocenters. The van der Waals surface area contributed by atoms with Crippen molar-refractivity contribution >= 4 is 24.4 Å². The van der Waals surface area contributed by atoms with Crippen LogP contribution >= 0.6 is 0 Å². The number of imide groups is 1. The van der Waals surface area contributed by atoms with Gasteiger partial charge in [-0.25, -0.2) is 0 Å². The summed E-state index contributed by atoms with van der Waals surface area (Å²) >= 11 is 0. The van der Waals surface area contributed by atoms with Crippen molar-refractivity contribution in [3.8, 4) is 0 Å². The molecule has 2 amide bonds. The minimum atomic E-state index is -0.524. The van der Waals surface area contributed by atoms with E-state index < -0.39 is 5.41 Å². The Morgan fingerprint density at radius 3 is 2.64 bits per heavy atom. The van der Waals surface area contributed by atoms with E-state index >= 15 is 0 Å². The lowest BCUT2D eigenvalue weighted by Crippen LogP contribution is -2.25. The molecule has 1 aliphatic carbocycles. The Balaban J connectivity index is 2.70. The van der Waals surface area contributed by atoms with Gasteiger partial charge in [-0.2, -0.15) is 0 Å². The van der Waals surface area contributed by atoms with Crippen LogP contribution in [0.15, 0.2) is 41.7 Å². The zero-order valence-corrected chi connectivity index (χ0v) is 15.0. The van der Waals surface area contributed by atoms with Crippen LogP contribution in [-0.4, -0.2) is 24.4 Å². The molecular weight excluding hydrogens is 318 g/mol. The van der Waals surface area contributed by atoms with Crippen LogP contribution in [0.4, 0.5) is 0 Å². The zero-order chi connectivity index (χ0) is 18.9. The molecular formula is C20H25NO4. The van der Waals surface area contributed by atoms with Crippen molar-refractivity contribution in [2.24, 2.45) is 17.3 Å². The number of carbonyl (C=O) groups is 4. The summed E-state index contributed by atoms with van der Waals surface area (Å²) in [6.45, 7) is 5.38. The smallest absolute Gasteiger partial charge is 0.226 e. The summed E-state index contributed by atoms with van der Waals surface area (Å²) in [5.41, 5.74) is 3.04. The third kappa shape index (κ3) is 6.48. The molecule has 0 fully saturated rings. The molecule has 134 valence electrons. The number of allylic oxidation sites excluding steroid dienone is 5. The van der Waals surface area contributed by atoms with Crippen molar-refractivity contribution in [3.63, 3.8) is 0 Å². The van der Waals surface area contributed by atoms with E-state index in [9.17, 15) is 19.2 Å². The van der Waals surface area contributed by atoms with Crippen LogP contribution in [0.3, 0.4) is 0 Å². The maximum absolute atomic E-state index is 11.8. The van der Waals surface area contributed by atoms with Crippen LogP contribution < -0.4 is 5.32 Å². The van der Waals surface area contributed by atoms with Crippen molar-refractivity contribution < 1.29 is 19.2 Å². The molecule has 0 saturated heterocycles. The van der Waals surface area contributed by atoms with E-state index in [0.29, 0.717) is 24.8 Å². The van der Waals surface area contributed by atoms with Gasteiger partial charge in [0.2, 0.25) is 12.3 Å². The first kappa shape index (κ1) is 20.5. The monoisotopic (exact) mass is 343 g/mol. The highest BCUT2D eigenvalue weighted by Gasteiger charge is 2.32. The summed E-state index contributed by atoms with van der Waals surface area (Å²) in [6, 6.07) is 0. The second-order valence-corrected chi connectivity index (χ2v) is 6.61. The van der Waals surface area contributed by atoms with Gasteiger partial charge in [-0.15, -0.1) is 5.73 Å². The minimum Gasteiger partial charge on any atom is -0.303 e. The van der Waals surface area contributed by atoms with Crippen molar-refractivity contribution in [2.75, 3.05) is 0 Å². The van der Waals surface area contributed by atoms with Gasteiger partial charge in [0, 0.05) is 23.3 Å². The molecule has 3 unspecified atom stereocenters. The van der Waals surface area contributed by atoms with Crippen LogP contribution in [0, 0.1) is 17.3 Å². The van der Waals surface area contributed by atoms with Crippen LogP contribution in [0.2, 0.25) is 0 Å². The van der Waals surface area contributed by atoms with E-state index in [1.54, 1.807) is 6.08 Å². The summed E-state index contributed by atoms with van der Waals surface area (Å²) in [5.74, 6) is -0.608. The van der Waals surface area contributed by atoms with Gasteiger partial charge in [0.25, 0.3) is 0 Å².